The van der Waals surface area contributed by atoms with Crippen molar-refractivity contribution in [3.8, 4) is 11.4 Å². The van der Waals surface area contributed by atoms with E-state index in [-0.39, 0.29) is 18.3 Å². The SMILES string of the molecule is CC(=O)N=c1ccc2nc(C)c(C)n(C)c-2c1.Cl. The number of fused-ring (bicyclic) bond motifs is 1. The van der Waals surface area contributed by atoms with Crippen LogP contribution < -0.4 is 5.36 Å². The van der Waals surface area contributed by atoms with Gasteiger partial charge in [-0.2, -0.15) is 0 Å². The molecule has 0 fully saturated rings. The Labute approximate surface area is 112 Å². The Bertz CT molecular complexity index is 631. The topological polar surface area (TPSA) is 47.2 Å². The molecule has 0 radical (unpaired) electrons. The lowest BCUT2D eigenvalue weighted by atomic mass is 10.1. The van der Waals surface area contributed by atoms with E-state index in [1.807, 2.05) is 39.1 Å². The Hall–Kier alpha value is -1.68. The van der Waals surface area contributed by atoms with E-state index in [4.69, 9.17) is 0 Å². The number of aryl methyl sites for hydroxylation is 1. The van der Waals surface area contributed by atoms with E-state index in [1.54, 1.807) is 0 Å². The van der Waals surface area contributed by atoms with Crippen molar-refractivity contribution in [2.45, 2.75) is 20.8 Å². The van der Waals surface area contributed by atoms with Gasteiger partial charge >= 0.3 is 0 Å². The summed E-state index contributed by atoms with van der Waals surface area (Å²) in [5.74, 6) is -0.191. The van der Waals surface area contributed by atoms with Gasteiger partial charge in [0.2, 0.25) is 5.91 Å². The van der Waals surface area contributed by atoms with Crippen LogP contribution >= 0.6 is 12.4 Å². The minimum atomic E-state index is -0.191. The maximum atomic E-state index is 11.0. The zero-order chi connectivity index (χ0) is 12.6. The number of benzene rings is 1. The number of hydrogen-bond donors (Lipinski definition) is 0. The summed E-state index contributed by atoms with van der Waals surface area (Å²) in [4.78, 5) is 19.4. The summed E-state index contributed by atoms with van der Waals surface area (Å²) in [6.45, 7) is 5.46. The molecule has 0 atom stereocenters. The second kappa shape index (κ2) is 5.31. The van der Waals surface area contributed by atoms with Crippen molar-refractivity contribution in [3.05, 3.63) is 34.9 Å². The van der Waals surface area contributed by atoms with E-state index < -0.39 is 0 Å². The second-order valence-electron chi connectivity index (χ2n) is 4.15. The van der Waals surface area contributed by atoms with Crippen molar-refractivity contribution < 1.29 is 4.79 Å². The smallest absolute Gasteiger partial charge is 0.243 e. The van der Waals surface area contributed by atoms with Crippen LogP contribution in [0.1, 0.15) is 18.3 Å². The van der Waals surface area contributed by atoms with Crippen molar-refractivity contribution >= 4 is 18.3 Å². The van der Waals surface area contributed by atoms with Crippen LogP contribution in [0.25, 0.3) is 11.4 Å². The zero-order valence-electron chi connectivity index (χ0n) is 10.9. The number of nitrogens with zero attached hydrogens (tertiary/aromatic N) is 3. The van der Waals surface area contributed by atoms with E-state index in [0.29, 0.717) is 5.36 Å². The molecule has 2 rings (SSSR count). The quantitative estimate of drug-likeness (QED) is 0.732. The lowest BCUT2D eigenvalue weighted by molar-refractivity contribution is -0.116. The third-order valence-corrected chi connectivity index (χ3v) is 2.92. The molecule has 18 heavy (non-hydrogen) atoms. The first-order valence-electron chi connectivity index (χ1n) is 5.48. The predicted octanol–water partition coefficient (Wildman–Crippen LogP) is 2.01. The Morgan fingerprint density at radius 2 is 2.00 bits per heavy atom. The fourth-order valence-corrected chi connectivity index (χ4v) is 1.81. The summed E-state index contributed by atoms with van der Waals surface area (Å²) >= 11 is 0. The van der Waals surface area contributed by atoms with Gasteiger partial charge in [0.25, 0.3) is 0 Å². The summed E-state index contributed by atoms with van der Waals surface area (Å²) < 4.78 is 2.07. The number of hydrogen-bond acceptors (Lipinski definition) is 2. The van der Waals surface area contributed by atoms with E-state index in [1.165, 1.54) is 6.92 Å². The molecule has 5 heteroatoms. The van der Waals surface area contributed by atoms with Gasteiger partial charge in [0.1, 0.15) is 0 Å². The van der Waals surface area contributed by atoms with Gasteiger partial charge in [0, 0.05) is 19.7 Å². The first-order chi connectivity index (χ1) is 7.99. The Kier molecular flexibility index (Phi) is 4.24. The lowest BCUT2D eigenvalue weighted by Crippen LogP contribution is -2.12. The summed E-state index contributed by atoms with van der Waals surface area (Å²) in [6.07, 6.45) is 0. The largest absolute Gasteiger partial charge is 0.345 e. The molecule has 1 aliphatic heterocycles. The molecule has 0 saturated heterocycles. The third kappa shape index (κ3) is 2.59. The molecule has 1 heterocycles. The van der Waals surface area contributed by atoms with E-state index >= 15 is 0 Å². The predicted molar refractivity (Wildman–Crippen MR) is 72.8 cm³/mol. The molecular formula is C13H16ClN3O. The van der Waals surface area contributed by atoms with Crippen LogP contribution in [0.3, 0.4) is 0 Å². The van der Waals surface area contributed by atoms with Gasteiger partial charge in [-0.15, -0.1) is 12.4 Å². The van der Waals surface area contributed by atoms with Crippen LogP contribution in [0.15, 0.2) is 23.2 Å². The molecule has 0 saturated carbocycles. The van der Waals surface area contributed by atoms with Crippen molar-refractivity contribution in [3.63, 3.8) is 0 Å². The molecule has 0 aromatic heterocycles. The Morgan fingerprint density at radius 3 is 2.61 bits per heavy atom. The minimum absolute atomic E-state index is 0. The van der Waals surface area contributed by atoms with Gasteiger partial charge in [0.05, 0.1) is 22.4 Å². The number of amides is 1. The minimum Gasteiger partial charge on any atom is -0.345 e. The van der Waals surface area contributed by atoms with Crippen molar-refractivity contribution in [1.29, 1.82) is 0 Å². The highest BCUT2D eigenvalue weighted by Crippen LogP contribution is 2.19. The molecule has 0 aromatic rings. The molecule has 0 N–H and O–H groups in total. The fraction of sp³-hybridized carbons (Fsp3) is 0.308. The summed E-state index contributed by atoms with van der Waals surface area (Å²) in [6, 6.07) is 5.59. The Morgan fingerprint density at radius 1 is 1.33 bits per heavy atom. The van der Waals surface area contributed by atoms with E-state index in [0.717, 1.165) is 22.8 Å². The lowest BCUT2D eigenvalue weighted by Gasteiger charge is -2.15. The van der Waals surface area contributed by atoms with Crippen LogP contribution in [0, 0.1) is 13.8 Å². The van der Waals surface area contributed by atoms with Gasteiger partial charge < -0.3 is 4.57 Å². The normalized spacial score (nSPS) is 11.4. The molecule has 0 spiro atoms. The van der Waals surface area contributed by atoms with Gasteiger partial charge in [-0.25, -0.2) is 9.98 Å². The molecule has 2 aliphatic rings. The molecule has 4 nitrogen and oxygen atoms in total. The molecular weight excluding hydrogens is 250 g/mol. The molecule has 1 aliphatic carbocycles. The van der Waals surface area contributed by atoms with Crippen molar-refractivity contribution in [1.82, 2.24) is 9.55 Å². The molecule has 96 valence electrons. The number of carbonyl (C=O) groups is 1. The summed E-state index contributed by atoms with van der Waals surface area (Å²) in [5, 5.41) is 0.672. The van der Waals surface area contributed by atoms with Crippen LogP contribution in [0.5, 0.6) is 0 Å². The monoisotopic (exact) mass is 265 g/mol. The van der Waals surface area contributed by atoms with Crippen molar-refractivity contribution in [2.24, 2.45) is 12.0 Å². The van der Waals surface area contributed by atoms with E-state index in [2.05, 4.69) is 14.5 Å². The van der Waals surface area contributed by atoms with Gasteiger partial charge in [-0.05, 0) is 32.0 Å². The highest BCUT2D eigenvalue weighted by molar-refractivity contribution is 5.85. The first kappa shape index (κ1) is 14.4. The molecule has 1 amide bonds. The second-order valence-corrected chi connectivity index (χ2v) is 4.15. The molecule has 0 bridgehead atoms. The number of carbonyl (C=O) groups excluding carboxylic acids is 1. The summed E-state index contributed by atoms with van der Waals surface area (Å²) in [7, 11) is 1.99. The number of rotatable bonds is 0. The highest BCUT2D eigenvalue weighted by atomic mass is 35.5. The average molecular weight is 266 g/mol. The maximum Gasteiger partial charge on any atom is 0.243 e. The van der Waals surface area contributed by atoms with E-state index in [9.17, 15) is 4.79 Å². The third-order valence-electron chi connectivity index (χ3n) is 2.92. The Balaban J connectivity index is 0.00000162. The fourth-order valence-electron chi connectivity index (χ4n) is 1.81. The molecule has 0 unspecified atom stereocenters. The summed E-state index contributed by atoms with van der Waals surface area (Å²) in [5.41, 5.74) is 4.02. The first-order valence-corrected chi connectivity index (χ1v) is 5.48. The van der Waals surface area contributed by atoms with Gasteiger partial charge in [-0.1, -0.05) is 0 Å². The number of halogens is 1. The highest BCUT2D eigenvalue weighted by Gasteiger charge is 2.09. The van der Waals surface area contributed by atoms with Crippen LogP contribution in [0.2, 0.25) is 0 Å². The average Bonchev–Trinajstić information content (AvgIpc) is 2.26. The van der Waals surface area contributed by atoms with Crippen LogP contribution in [-0.2, 0) is 11.8 Å². The molecule has 0 aromatic carbocycles. The van der Waals surface area contributed by atoms with Crippen LogP contribution in [-0.4, -0.2) is 15.5 Å². The zero-order valence-corrected chi connectivity index (χ0v) is 11.7. The van der Waals surface area contributed by atoms with Gasteiger partial charge in [-0.3, -0.25) is 4.79 Å². The number of aromatic nitrogens is 2. The maximum absolute atomic E-state index is 11.0. The standard InChI is InChI=1S/C13H15N3O.ClH/c1-8-9(2)16(4)13-7-11(15-10(3)17)5-6-12(13)14-8;/h5-7H,1-4H3;1H. The van der Waals surface area contributed by atoms with Crippen molar-refractivity contribution in [2.75, 3.05) is 0 Å². The van der Waals surface area contributed by atoms with Crippen LogP contribution in [0.4, 0.5) is 0 Å². The van der Waals surface area contributed by atoms with Gasteiger partial charge in [0.15, 0.2) is 0 Å².